The number of esters is 1. The number of ketones is 1. The van der Waals surface area contributed by atoms with Gasteiger partial charge in [-0.25, -0.2) is 13.2 Å². The highest BCUT2D eigenvalue weighted by Gasteiger charge is 2.26. The lowest BCUT2D eigenvalue weighted by molar-refractivity contribution is 0.0472. The van der Waals surface area contributed by atoms with Gasteiger partial charge in [-0.3, -0.25) is 4.79 Å². The maximum atomic E-state index is 12.6. The molecule has 1 N–H and O–H groups in total. The van der Waals surface area contributed by atoms with E-state index in [1.54, 1.807) is 13.0 Å². The second-order valence-corrected chi connectivity index (χ2v) is 8.50. The highest BCUT2D eigenvalue weighted by molar-refractivity contribution is 7.89. The van der Waals surface area contributed by atoms with E-state index in [2.05, 4.69) is 0 Å². The van der Waals surface area contributed by atoms with Crippen LogP contribution in [0, 0.1) is 6.92 Å². The van der Waals surface area contributed by atoms with Crippen LogP contribution in [0.2, 0.25) is 0 Å². The Morgan fingerprint density at radius 2 is 1.76 bits per heavy atom. The van der Waals surface area contributed by atoms with E-state index in [-0.39, 0.29) is 34.9 Å². The van der Waals surface area contributed by atoms with E-state index in [1.807, 2.05) is 0 Å². The fraction of sp³-hybridized carbons (Fsp3) is 0.300. The molecule has 0 radical (unpaired) electrons. The zero-order chi connectivity index (χ0) is 21.0. The van der Waals surface area contributed by atoms with Gasteiger partial charge in [0.2, 0.25) is 10.0 Å². The van der Waals surface area contributed by atoms with Gasteiger partial charge in [-0.15, -0.1) is 0 Å². The molecule has 1 aliphatic heterocycles. The van der Waals surface area contributed by atoms with Crippen LogP contribution in [0.5, 0.6) is 5.75 Å². The molecule has 0 aliphatic carbocycles. The van der Waals surface area contributed by atoms with Gasteiger partial charge in [0.15, 0.2) is 12.4 Å². The molecule has 1 fully saturated rings. The van der Waals surface area contributed by atoms with Gasteiger partial charge in [-0.2, -0.15) is 4.31 Å². The lowest BCUT2D eigenvalue weighted by Crippen LogP contribution is -2.40. The average molecular weight is 419 g/mol. The molecule has 2 aromatic rings. The highest BCUT2D eigenvalue weighted by atomic mass is 32.2. The summed E-state index contributed by atoms with van der Waals surface area (Å²) in [6, 6.07) is 9.96. The van der Waals surface area contributed by atoms with E-state index in [0.717, 1.165) is 5.56 Å². The molecular formula is C20H21NO7S. The topological polar surface area (TPSA) is 110 Å². The molecule has 0 unspecified atom stereocenters. The number of carbonyl (C=O) groups excluding carboxylic acids is 2. The number of Topliss-reactive ketones (excluding diaryl/α,β-unsaturated/α-hetero) is 1. The zero-order valence-corrected chi connectivity index (χ0v) is 16.6. The van der Waals surface area contributed by atoms with Crippen LogP contribution in [0.1, 0.15) is 26.3 Å². The molecule has 29 heavy (non-hydrogen) atoms. The average Bonchev–Trinajstić information content (AvgIpc) is 2.72. The van der Waals surface area contributed by atoms with Crippen molar-refractivity contribution in [2.75, 3.05) is 32.9 Å². The van der Waals surface area contributed by atoms with Crippen molar-refractivity contribution in [1.29, 1.82) is 0 Å². The molecule has 0 atom stereocenters. The lowest BCUT2D eigenvalue weighted by Gasteiger charge is -2.26. The van der Waals surface area contributed by atoms with Gasteiger partial charge in [0.25, 0.3) is 0 Å². The van der Waals surface area contributed by atoms with E-state index < -0.39 is 28.4 Å². The van der Waals surface area contributed by atoms with Gasteiger partial charge in [0.05, 0.1) is 18.1 Å². The smallest absolute Gasteiger partial charge is 0.342 e. The SMILES string of the molecule is Cc1ccc(C(=O)OCC(=O)c2ccc(S(=O)(=O)N3CCOCC3)cc2)c(O)c1. The number of benzene rings is 2. The minimum Gasteiger partial charge on any atom is -0.507 e. The predicted molar refractivity (Wildman–Crippen MR) is 103 cm³/mol. The summed E-state index contributed by atoms with van der Waals surface area (Å²) >= 11 is 0. The van der Waals surface area contributed by atoms with Crippen LogP contribution < -0.4 is 0 Å². The minimum absolute atomic E-state index is 0.0321. The second-order valence-electron chi connectivity index (χ2n) is 6.56. The molecule has 9 heteroatoms. The van der Waals surface area contributed by atoms with Crippen molar-refractivity contribution in [1.82, 2.24) is 4.31 Å². The summed E-state index contributed by atoms with van der Waals surface area (Å²) in [7, 11) is -3.65. The summed E-state index contributed by atoms with van der Waals surface area (Å²) in [5.41, 5.74) is 0.962. The number of phenols is 1. The molecule has 0 amide bonds. The summed E-state index contributed by atoms with van der Waals surface area (Å²) in [5, 5.41) is 9.80. The summed E-state index contributed by atoms with van der Waals surface area (Å²) in [6.07, 6.45) is 0. The maximum absolute atomic E-state index is 12.6. The second kappa shape index (κ2) is 8.73. The molecule has 3 rings (SSSR count). The first-order valence-corrected chi connectivity index (χ1v) is 10.4. The van der Waals surface area contributed by atoms with Gasteiger partial charge in [0.1, 0.15) is 11.3 Å². The van der Waals surface area contributed by atoms with Crippen molar-refractivity contribution in [2.24, 2.45) is 0 Å². The third kappa shape index (κ3) is 4.81. The number of morpholine rings is 1. The van der Waals surface area contributed by atoms with Crippen LogP contribution in [0.15, 0.2) is 47.4 Å². The number of hydrogen-bond acceptors (Lipinski definition) is 7. The molecule has 1 aliphatic rings. The molecule has 0 bridgehead atoms. The molecule has 1 saturated heterocycles. The Kier molecular flexibility index (Phi) is 6.31. The molecule has 0 spiro atoms. The molecule has 0 aromatic heterocycles. The molecule has 2 aromatic carbocycles. The number of hydrogen-bond donors (Lipinski definition) is 1. The van der Waals surface area contributed by atoms with Crippen molar-refractivity contribution < 1.29 is 32.6 Å². The molecule has 0 saturated carbocycles. The van der Waals surface area contributed by atoms with Gasteiger partial charge < -0.3 is 14.6 Å². The molecular weight excluding hydrogens is 398 g/mol. The Balaban J connectivity index is 1.63. The first-order valence-electron chi connectivity index (χ1n) is 8.97. The van der Waals surface area contributed by atoms with E-state index >= 15 is 0 Å². The van der Waals surface area contributed by atoms with Crippen LogP contribution in [0.4, 0.5) is 0 Å². The zero-order valence-electron chi connectivity index (χ0n) is 15.8. The van der Waals surface area contributed by atoms with Crippen molar-refractivity contribution >= 4 is 21.8 Å². The molecule has 8 nitrogen and oxygen atoms in total. The van der Waals surface area contributed by atoms with Crippen LogP contribution in [-0.2, 0) is 19.5 Å². The summed E-state index contributed by atoms with van der Waals surface area (Å²) in [4.78, 5) is 24.4. The summed E-state index contributed by atoms with van der Waals surface area (Å²) < 4.78 is 36.6. The number of aromatic hydroxyl groups is 1. The number of nitrogens with zero attached hydrogens (tertiary/aromatic N) is 1. The van der Waals surface area contributed by atoms with E-state index in [0.29, 0.717) is 13.2 Å². The van der Waals surface area contributed by atoms with E-state index in [4.69, 9.17) is 9.47 Å². The fourth-order valence-corrected chi connectivity index (χ4v) is 4.26. The third-order valence-corrected chi connectivity index (χ3v) is 6.40. The standard InChI is InChI=1S/C20H21NO7S/c1-14-2-7-17(18(22)12-14)20(24)28-13-19(23)15-3-5-16(6-4-15)29(25,26)21-8-10-27-11-9-21/h2-7,12,22H,8-11,13H2,1H3. The number of phenolic OH excluding ortho intramolecular Hbond substituents is 1. The number of aryl methyl sites for hydroxylation is 1. The summed E-state index contributed by atoms with van der Waals surface area (Å²) in [6.45, 7) is 2.49. The largest absolute Gasteiger partial charge is 0.507 e. The highest BCUT2D eigenvalue weighted by Crippen LogP contribution is 2.20. The Bertz CT molecular complexity index is 1010. The lowest BCUT2D eigenvalue weighted by atomic mass is 10.1. The molecule has 1 heterocycles. The van der Waals surface area contributed by atoms with Gasteiger partial charge in [-0.05, 0) is 48.9 Å². The normalized spacial score (nSPS) is 15.1. The van der Waals surface area contributed by atoms with Crippen LogP contribution in [0.25, 0.3) is 0 Å². The Labute approximate surface area is 168 Å². The first kappa shape index (κ1) is 21.0. The van der Waals surface area contributed by atoms with Crippen molar-refractivity contribution in [3.05, 3.63) is 59.2 Å². The van der Waals surface area contributed by atoms with E-state index in [9.17, 15) is 23.1 Å². The molecule has 154 valence electrons. The Hall–Kier alpha value is -2.75. The fourth-order valence-electron chi connectivity index (χ4n) is 2.86. The third-order valence-electron chi connectivity index (χ3n) is 4.49. The van der Waals surface area contributed by atoms with Crippen LogP contribution >= 0.6 is 0 Å². The quantitative estimate of drug-likeness (QED) is 0.561. The first-order chi connectivity index (χ1) is 13.8. The maximum Gasteiger partial charge on any atom is 0.342 e. The number of sulfonamides is 1. The van der Waals surface area contributed by atoms with Crippen molar-refractivity contribution in [3.63, 3.8) is 0 Å². The Morgan fingerprint density at radius 1 is 1.10 bits per heavy atom. The number of ether oxygens (including phenoxy) is 2. The monoisotopic (exact) mass is 419 g/mol. The number of rotatable bonds is 6. The van der Waals surface area contributed by atoms with Gasteiger partial charge in [0, 0.05) is 18.7 Å². The van der Waals surface area contributed by atoms with Crippen molar-refractivity contribution in [3.8, 4) is 5.75 Å². The number of carbonyl (C=O) groups is 2. The van der Waals surface area contributed by atoms with Crippen molar-refractivity contribution in [2.45, 2.75) is 11.8 Å². The van der Waals surface area contributed by atoms with Gasteiger partial charge in [-0.1, -0.05) is 6.07 Å². The van der Waals surface area contributed by atoms with E-state index in [1.165, 1.54) is 40.7 Å². The summed E-state index contributed by atoms with van der Waals surface area (Å²) in [5.74, 6) is -1.53. The predicted octanol–water partition coefficient (Wildman–Crippen LogP) is 1.76. The van der Waals surface area contributed by atoms with Crippen LogP contribution in [-0.4, -0.2) is 62.5 Å². The van der Waals surface area contributed by atoms with Gasteiger partial charge >= 0.3 is 5.97 Å². The Morgan fingerprint density at radius 3 is 2.38 bits per heavy atom. The van der Waals surface area contributed by atoms with Crippen LogP contribution in [0.3, 0.4) is 0 Å². The minimum atomic E-state index is -3.65.